The molecule has 1 N–H and O–H groups in total. The monoisotopic (exact) mass is 211 g/mol. The lowest BCUT2D eigenvalue weighted by Crippen LogP contribution is -2.22. The summed E-state index contributed by atoms with van der Waals surface area (Å²) in [6.07, 6.45) is 4.14. The van der Waals surface area contributed by atoms with E-state index in [1.165, 1.54) is 12.8 Å². The molecular formula is C13H25NO. The van der Waals surface area contributed by atoms with Crippen molar-refractivity contribution in [2.24, 2.45) is 5.92 Å². The smallest absolute Gasteiger partial charge is 0.0690 e. The molecule has 0 radical (unpaired) electrons. The molecule has 1 aliphatic rings. The molecule has 2 heteroatoms. The van der Waals surface area contributed by atoms with E-state index >= 15 is 0 Å². The predicted octanol–water partition coefficient (Wildman–Crippen LogP) is 2.75. The maximum Gasteiger partial charge on any atom is 0.0690 e. The topological polar surface area (TPSA) is 21.3 Å². The molecule has 2 nitrogen and oxygen atoms in total. The van der Waals surface area contributed by atoms with Gasteiger partial charge in [0.15, 0.2) is 0 Å². The highest BCUT2D eigenvalue weighted by molar-refractivity contribution is 4.99. The van der Waals surface area contributed by atoms with Crippen LogP contribution in [0.1, 0.15) is 40.0 Å². The summed E-state index contributed by atoms with van der Waals surface area (Å²) in [7, 11) is 0. The maximum absolute atomic E-state index is 5.73. The summed E-state index contributed by atoms with van der Waals surface area (Å²) < 4.78 is 5.73. The molecule has 1 rings (SSSR count). The minimum Gasteiger partial charge on any atom is -0.374 e. The zero-order chi connectivity index (χ0) is 11.3. The maximum atomic E-state index is 5.73. The van der Waals surface area contributed by atoms with Gasteiger partial charge in [0, 0.05) is 12.6 Å². The van der Waals surface area contributed by atoms with E-state index in [0.717, 1.165) is 24.6 Å². The van der Waals surface area contributed by atoms with Crippen LogP contribution >= 0.6 is 0 Å². The van der Waals surface area contributed by atoms with Crippen molar-refractivity contribution < 1.29 is 4.74 Å². The van der Waals surface area contributed by atoms with Crippen LogP contribution in [0.25, 0.3) is 0 Å². The van der Waals surface area contributed by atoms with E-state index < -0.39 is 0 Å². The summed E-state index contributed by atoms with van der Waals surface area (Å²) in [6, 6.07) is 0.759. The third-order valence-corrected chi connectivity index (χ3v) is 2.59. The Bertz CT molecular complexity index is 197. The van der Waals surface area contributed by atoms with Crippen molar-refractivity contribution in [2.45, 2.75) is 52.2 Å². The fraction of sp³-hybridized carbons (Fsp3) is 0.846. The first-order chi connectivity index (χ1) is 7.08. The van der Waals surface area contributed by atoms with E-state index in [-0.39, 0.29) is 0 Å². The molecule has 0 amide bonds. The van der Waals surface area contributed by atoms with Gasteiger partial charge in [0.1, 0.15) is 0 Å². The average Bonchev–Trinajstić information content (AvgIpc) is 2.93. The molecule has 0 saturated heterocycles. The average molecular weight is 211 g/mol. The standard InChI is InChI=1S/C13H25NO/c1-10(2)7-12(4)15-9-11(3)8-14-13-5-6-13/h10,12-14H,3,5-9H2,1-2,4H3. The molecule has 1 fully saturated rings. The Morgan fingerprint density at radius 1 is 1.40 bits per heavy atom. The van der Waals surface area contributed by atoms with Crippen molar-refractivity contribution in [2.75, 3.05) is 13.2 Å². The summed E-state index contributed by atoms with van der Waals surface area (Å²) in [4.78, 5) is 0. The number of hydrogen-bond donors (Lipinski definition) is 1. The van der Waals surface area contributed by atoms with Crippen molar-refractivity contribution in [3.63, 3.8) is 0 Å². The number of ether oxygens (including phenoxy) is 1. The normalized spacial score (nSPS) is 18.1. The van der Waals surface area contributed by atoms with E-state index in [1.807, 2.05) is 0 Å². The van der Waals surface area contributed by atoms with Crippen LogP contribution in [0.2, 0.25) is 0 Å². The highest BCUT2D eigenvalue weighted by atomic mass is 16.5. The highest BCUT2D eigenvalue weighted by Crippen LogP contribution is 2.18. The summed E-state index contributed by atoms with van der Waals surface area (Å²) in [6.45, 7) is 12.2. The molecule has 0 aromatic rings. The fourth-order valence-electron chi connectivity index (χ4n) is 1.62. The van der Waals surface area contributed by atoms with Crippen LogP contribution in [0.4, 0.5) is 0 Å². The van der Waals surface area contributed by atoms with Crippen LogP contribution in [0, 0.1) is 5.92 Å². The van der Waals surface area contributed by atoms with Crippen molar-refractivity contribution in [1.29, 1.82) is 0 Å². The van der Waals surface area contributed by atoms with Crippen LogP contribution in [-0.4, -0.2) is 25.3 Å². The molecule has 0 aromatic carbocycles. The van der Waals surface area contributed by atoms with Gasteiger partial charge in [0.2, 0.25) is 0 Å². The van der Waals surface area contributed by atoms with Gasteiger partial charge in [-0.25, -0.2) is 0 Å². The zero-order valence-corrected chi connectivity index (χ0v) is 10.4. The van der Waals surface area contributed by atoms with Gasteiger partial charge in [0.25, 0.3) is 0 Å². The van der Waals surface area contributed by atoms with Crippen molar-refractivity contribution in [3.05, 3.63) is 12.2 Å². The van der Waals surface area contributed by atoms with Crippen LogP contribution in [-0.2, 0) is 4.74 Å². The fourth-order valence-corrected chi connectivity index (χ4v) is 1.62. The van der Waals surface area contributed by atoms with Gasteiger partial charge >= 0.3 is 0 Å². The summed E-state index contributed by atoms with van der Waals surface area (Å²) in [5, 5.41) is 3.44. The molecule has 1 atom stereocenters. The highest BCUT2D eigenvalue weighted by Gasteiger charge is 2.20. The Labute approximate surface area is 94.1 Å². The Balaban J connectivity index is 1.99. The van der Waals surface area contributed by atoms with E-state index in [1.54, 1.807) is 0 Å². The second kappa shape index (κ2) is 6.29. The van der Waals surface area contributed by atoms with Gasteiger partial charge in [-0.1, -0.05) is 20.4 Å². The molecule has 0 heterocycles. The minimum atomic E-state index is 0.350. The Morgan fingerprint density at radius 3 is 2.60 bits per heavy atom. The second-order valence-electron chi connectivity index (χ2n) is 5.16. The van der Waals surface area contributed by atoms with Crippen LogP contribution in [0.15, 0.2) is 12.2 Å². The van der Waals surface area contributed by atoms with E-state index in [0.29, 0.717) is 18.6 Å². The van der Waals surface area contributed by atoms with Crippen LogP contribution < -0.4 is 5.32 Å². The van der Waals surface area contributed by atoms with Gasteiger partial charge in [-0.15, -0.1) is 0 Å². The first kappa shape index (κ1) is 12.7. The van der Waals surface area contributed by atoms with Crippen molar-refractivity contribution in [3.8, 4) is 0 Å². The van der Waals surface area contributed by atoms with Crippen molar-refractivity contribution >= 4 is 0 Å². The lowest BCUT2D eigenvalue weighted by Gasteiger charge is -2.16. The molecule has 88 valence electrons. The molecule has 1 aliphatic carbocycles. The summed E-state index contributed by atoms with van der Waals surface area (Å²) in [5.74, 6) is 0.706. The van der Waals surface area contributed by atoms with Crippen LogP contribution in [0.3, 0.4) is 0 Å². The van der Waals surface area contributed by atoms with Gasteiger partial charge in [-0.2, -0.15) is 0 Å². The lowest BCUT2D eigenvalue weighted by molar-refractivity contribution is 0.0673. The van der Waals surface area contributed by atoms with Crippen molar-refractivity contribution in [1.82, 2.24) is 5.32 Å². The Morgan fingerprint density at radius 2 is 2.07 bits per heavy atom. The molecule has 0 aliphatic heterocycles. The second-order valence-corrected chi connectivity index (χ2v) is 5.16. The molecule has 0 spiro atoms. The summed E-state index contributed by atoms with van der Waals surface area (Å²) >= 11 is 0. The predicted molar refractivity (Wildman–Crippen MR) is 65.0 cm³/mol. The van der Waals surface area contributed by atoms with E-state index in [2.05, 4.69) is 32.7 Å². The number of hydrogen-bond acceptors (Lipinski definition) is 2. The number of rotatable bonds is 8. The Hall–Kier alpha value is -0.340. The summed E-state index contributed by atoms with van der Waals surface area (Å²) in [5.41, 5.74) is 1.16. The lowest BCUT2D eigenvalue weighted by atomic mass is 10.1. The quantitative estimate of drug-likeness (QED) is 0.623. The SMILES string of the molecule is C=C(CNC1CC1)COC(C)CC(C)C. The first-order valence-electron chi connectivity index (χ1n) is 6.09. The van der Waals surface area contributed by atoms with Gasteiger partial charge in [-0.05, 0) is 37.7 Å². The Kier molecular flexibility index (Phi) is 5.34. The molecule has 1 saturated carbocycles. The van der Waals surface area contributed by atoms with Gasteiger partial charge in [0.05, 0.1) is 12.7 Å². The van der Waals surface area contributed by atoms with Crippen LogP contribution in [0.5, 0.6) is 0 Å². The molecule has 15 heavy (non-hydrogen) atoms. The first-order valence-corrected chi connectivity index (χ1v) is 6.09. The molecule has 0 aromatic heterocycles. The van der Waals surface area contributed by atoms with E-state index in [9.17, 15) is 0 Å². The third kappa shape index (κ3) is 6.69. The molecule has 1 unspecified atom stereocenters. The zero-order valence-electron chi connectivity index (χ0n) is 10.4. The third-order valence-electron chi connectivity index (χ3n) is 2.59. The largest absolute Gasteiger partial charge is 0.374 e. The van der Waals surface area contributed by atoms with E-state index in [4.69, 9.17) is 4.74 Å². The van der Waals surface area contributed by atoms with Gasteiger partial charge in [-0.3, -0.25) is 0 Å². The molecular weight excluding hydrogens is 186 g/mol. The molecule has 0 bridgehead atoms. The minimum absolute atomic E-state index is 0.350. The van der Waals surface area contributed by atoms with Gasteiger partial charge < -0.3 is 10.1 Å². The number of nitrogens with one attached hydrogen (secondary N) is 1.